The average Bonchev–Trinajstić information content (AvgIpc) is 2.87. The van der Waals surface area contributed by atoms with Crippen LogP contribution in [0.4, 0.5) is 0 Å². The number of hydrogen-bond acceptors (Lipinski definition) is 3. The van der Waals surface area contributed by atoms with Gasteiger partial charge in [0.25, 0.3) is 0 Å². The molecule has 1 saturated heterocycles. The molecule has 2 aliphatic rings. The van der Waals surface area contributed by atoms with Gasteiger partial charge in [-0.15, -0.1) is 0 Å². The average molecular weight is 262 g/mol. The number of piperidine rings is 1. The minimum Gasteiger partial charge on any atom is -0.353 e. The fourth-order valence-corrected chi connectivity index (χ4v) is 3.17. The third kappa shape index (κ3) is 3.15. The van der Waals surface area contributed by atoms with Gasteiger partial charge >= 0.3 is 0 Å². The van der Waals surface area contributed by atoms with Crippen LogP contribution in [0.5, 0.6) is 0 Å². The molecule has 0 aromatic carbocycles. The Balaban J connectivity index is 1.47. The quantitative estimate of drug-likeness (QED) is 0.753. The second-order valence-corrected chi connectivity index (χ2v) is 5.78. The van der Waals surface area contributed by atoms with E-state index < -0.39 is 0 Å². The smallest absolute Gasteiger partial charge is 0.220 e. The number of amides is 1. The number of fused-ring (bicyclic) bond motifs is 1. The fraction of sp³-hybridized carbons (Fsp3) is 0.714. The predicted octanol–water partition coefficient (Wildman–Crippen LogP) is 0.773. The summed E-state index contributed by atoms with van der Waals surface area (Å²) in [6, 6.07) is 0.280. The van der Waals surface area contributed by atoms with Gasteiger partial charge in [0.2, 0.25) is 5.91 Å². The van der Waals surface area contributed by atoms with E-state index in [-0.39, 0.29) is 11.9 Å². The van der Waals surface area contributed by atoms with Crippen molar-refractivity contribution >= 4 is 5.91 Å². The van der Waals surface area contributed by atoms with E-state index in [9.17, 15) is 4.79 Å². The first-order chi connectivity index (χ1) is 9.31. The van der Waals surface area contributed by atoms with Crippen LogP contribution in [0.15, 0.2) is 6.20 Å². The van der Waals surface area contributed by atoms with Crippen molar-refractivity contribution in [2.45, 2.75) is 44.6 Å². The maximum Gasteiger partial charge on any atom is 0.220 e. The highest BCUT2D eigenvalue weighted by Crippen LogP contribution is 2.20. The molecular weight excluding hydrogens is 240 g/mol. The minimum atomic E-state index is 0.222. The number of aromatic amines is 1. The van der Waals surface area contributed by atoms with Crippen molar-refractivity contribution in [1.29, 1.82) is 0 Å². The van der Waals surface area contributed by atoms with Crippen molar-refractivity contribution in [1.82, 2.24) is 20.8 Å². The zero-order chi connectivity index (χ0) is 13.1. The molecule has 1 unspecified atom stereocenters. The molecule has 1 aliphatic carbocycles. The first-order valence-electron chi connectivity index (χ1n) is 7.32. The molecule has 1 aromatic heterocycles. The van der Waals surface area contributed by atoms with Crippen LogP contribution in [0.25, 0.3) is 0 Å². The molecule has 1 amide bonds. The summed E-state index contributed by atoms with van der Waals surface area (Å²) in [4.78, 5) is 12.1. The minimum absolute atomic E-state index is 0.222. The summed E-state index contributed by atoms with van der Waals surface area (Å²) in [5, 5.41) is 13.6. The van der Waals surface area contributed by atoms with Gasteiger partial charge in [-0.1, -0.05) is 0 Å². The van der Waals surface area contributed by atoms with Crippen molar-refractivity contribution in [3.63, 3.8) is 0 Å². The molecule has 0 radical (unpaired) electrons. The van der Waals surface area contributed by atoms with Crippen LogP contribution in [0, 0.1) is 5.92 Å². The number of carbonyl (C=O) groups excluding carboxylic acids is 1. The van der Waals surface area contributed by atoms with Gasteiger partial charge in [-0.05, 0) is 50.3 Å². The molecule has 1 atom stereocenters. The van der Waals surface area contributed by atoms with Gasteiger partial charge in [0, 0.05) is 24.6 Å². The van der Waals surface area contributed by atoms with E-state index in [1.165, 1.54) is 11.3 Å². The van der Waals surface area contributed by atoms with Crippen LogP contribution < -0.4 is 10.6 Å². The summed E-state index contributed by atoms with van der Waals surface area (Å²) in [6.07, 6.45) is 7.80. The van der Waals surface area contributed by atoms with Crippen molar-refractivity contribution in [3.8, 4) is 0 Å². The molecular formula is C14H22N4O. The molecule has 0 bridgehead atoms. The summed E-state index contributed by atoms with van der Waals surface area (Å²) in [7, 11) is 0. The third-order valence-corrected chi connectivity index (χ3v) is 4.32. The number of carbonyl (C=O) groups is 1. The lowest BCUT2D eigenvalue weighted by Gasteiger charge is -2.25. The highest BCUT2D eigenvalue weighted by atomic mass is 16.1. The molecule has 1 aliphatic heterocycles. The van der Waals surface area contributed by atoms with Crippen LogP contribution in [-0.4, -0.2) is 35.2 Å². The van der Waals surface area contributed by atoms with Crippen LogP contribution in [0.2, 0.25) is 0 Å². The molecule has 1 fully saturated rings. The number of nitrogens with one attached hydrogen (secondary N) is 3. The van der Waals surface area contributed by atoms with Crippen molar-refractivity contribution in [2.24, 2.45) is 5.92 Å². The lowest BCUT2D eigenvalue weighted by molar-refractivity contribution is -0.123. The van der Waals surface area contributed by atoms with Crippen molar-refractivity contribution in [3.05, 3.63) is 17.5 Å². The van der Waals surface area contributed by atoms with Crippen molar-refractivity contribution in [2.75, 3.05) is 13.1 Å². The summed E-state index contributed by atoms with van der Waals surface area (Å²) < 4.78 is 0. The molecule has 3 N–H and O–H groups in total. The van der Waals surface area contributed by atoms with Gasteiger partial charge in [-0.2, -0.15) is 5.10 Å². The van der Waals surface area contributed by atoms with Crippen LogP contribution in [0.1, 0.15) is 36.9 Å². The Morgan fingerprint density at radius 3 is 3.05 bits per heavy atom. The Hall–Kier alpha value is -1.36. The second-order valence-electron chi connectivity index (χ2n) is 5.78. The van der Waals surface area contributed by atoms with E-state index in [0.717, 1.165) is 45.2 Å². The third-order valence-electron chi connectivity index (χ3n) is 4.32. The molecule has 104 valence electrons. The largest absolute Gasteiger partial charge is 0.353 e. The van der Waals surface area contributed by atoms with Gasteiger partial charge < -0.3 is 10.6 Å². The maximum absolute atomic E-state index is 12.1. The summed E-state index contributed by atoms with van der Waals surface area (Å²) in [5.74, 6) is 0.785. The summed E-state index contributed by atoms with van der Waals surface area (Å²) >= 11 is 0. The number of aryl methyl sites for hydroxylation is 1. The first-order valence-corrected chi connectivity index (χ1v) is 7.32. The Morgan fingerprint density at radius 2 is 2.21 bits per heavy atom. The zero-order valence-electron chi connectivity index (χ0n) is 11.2. The highest BCUT2D eigenvalue weighted by molar-refractivity contribution is 5.76. The Kier molecular flexibility index (Phi) is 3.82. The predicted molar refractivity (Wildman–Crippen MR) is 72.8 cm³/mol. The maximum atomic E-state index is 12.1. The van der Waals surface area contributed by atoms with Crippen molar-refractivity contribution < 1.29 is 4.79 Å². The van der Waals surface area contributed by atoms with E-state index >= 15 is 0 Å². The Bertz CT molecular complexity index is 436. The first kappa shape index (κ1) is 12.7. The van der Waals surface area contributed by atoms with Crippen LogP contribution in [0.3, 0.4) is 0 Å². The van der Waals surface area contributed by atoms with Gasteiger partial charge in [0.1, 0.15) is 0 Å². The van der Waals surface area contributed by atoms with E-state index in [4.69, 9.17) is 0 Å². The lowest BCUT2D eigenvalue weighted by Crippen LogP contribution is -2.40. The SMILES string of the molecule is O=C(CC1CCNCC1)NC1CCc2cn[nH]c2C1. The van der Waals surface area contributed by atoms with E-state index in [0.29, 0.717) is 12.3 Å². The molecule has 0 saturated carbocycles. The van der Waals surface area contributed by atoms with E-state index in [1.54, 1.807) is 0 Å². The zero-order valence-corrected chi connectivity index (χ0v) is 11.2. The van der Waals surface area contributed by atoms with Crippen LogP contribution >= 0.6 is 0 Å². The standard InChI is InChI=1S/C14H22N4O/c19-14(7-10-3-5-15-6-4-10)17-12-2-1-11-9-16-18-13(11)8-12/h9-10,12,15H,1-8H2,(H,16,18)(H,17,19). The van der Waals surface area contributed by atoms with Gasteiger partial charge in [-0.3, -0.25) is 9.89 Å². The topological polar surface area (TPSA) is 69.8 Å². The number of H-pyrrole nitrogens is 1. The summed E-state index contributed by atoms with van der Waals surface area (Å²) in [6.45, 7) is 2.11. The van der Waals surface area contributed by atoms with Gasteiger partial charge in [-0.25, -0.2) is 0 Å². The normalized spacial score (nSPS) is 23.9. The highest BCUT2D eigenvalue weighted by Gasteiger charge is 2.23. The molecule has 0 spiro atoms. The molecule has 2 heterocycles. The monoisotopic (exact) mass is 262 g/mol. The number of aromatic nitrogens is 2. The molecule has 5 nitrogen and oxygen atoms in total. The lowest BCUT2D eigenvalue weighted by atomic mass is 9.92. The Morgan fingerprint density at radius 1 is 1.37 bits per heavy atom. The number of rotatable bonds is 3. The van der Waals surface area contributed by atoms with E-state index in [1.807, 2.05) is 6.20 Å². The molecule has 3 rings (SSSR count). The number of hydrogen-bond donors (Lipinski definition) is 3. The van der Waals surface area contributed by atoms with Gasteiger partial charge in [0.05, 0.1) is 6.20 Å². The molecule has 1 aromatic rings. The van der Waals surface area contributed by atoms with Gasteiger partial charge in [0.15, 0.2) is 0 Å². The number of nitrogens with zero attached hydrogens (tertiary/aromatic N) is 1. The Labute approximate surface area is 113 Å². The fourth-order valence-electron chi connectivity index (χ4n) is 3.17. The molecule has 5 heteroatoms. The molecule has 19 heavy (non-hydrogen) atoms. The second kappa shape index (κ2) is 5.74. The van der Waals surface area contributed by atoms with E-state index in [2.05, 4.69) is 20.8 Å². The summed E-state index contributed by atoms with van der Waals surface area (Å²) in [5.41, 5.74) is 2.50. The van der Waals surface area contributed by atoms with Crippen LogP contribution in [-0.2, 0) is 17.6 Å².